The van der Waals surface area contributed by atoms with Crippen molar-refractivity contribution in [2.45, 2.75) is 0 Å². The zero-order valence-electron chi connectivity index (χ0n) is 8.29. The number of nitrogens with zero attached hydrogens (tertiary/aromatic N) is 3. The summed E-state index contributed by atoms with van der Waals surface area (Å²) in [5.74, 6) is -0.453. The zero-order valence-corrected chi connectivity index (χ0v) is 8.29. The van der Waals surface area contributed by atoms with Crippen LogP contribution in [0.15, 0.2) is 36.7 Å². The minimum Gasteiger partial charge on any atom is -0.366 e. The summed E-state index contributed by atoms with van der Waals surface area (Å²) in [7, 11) is 0. The van der Waals surface area contributed by atoms with Crippen LogP contribution in [-0.4, -0.2) is 20.5 Å². The maximum absolute atomic E-state index is 11.1. The monoisotopic (exact) mass is 212 g/mol. The molecule has 0 fully saturated rings. The quantitative estimate of drug-likeness (QED) is 0.653. The maximum Gasteiger partial charge on any atom is 0.248 e. The summed E-state index contributed by atoms with van der Waals surface area (Å²) in [6.07, 6.45) is 3.42. The number of fused-ring (bicyclic) bond motifs is 3. The second-order valence-corrected chi connectivity index (χ2v) is 3.49. The molecule has 16 heavy (non-hydrogen) atoms. The minimum atomic E-state index is -0.453. The first-order chi connectivity index (χ1) is 7.75. The molecule has 1 amide bonds. The minimum absolute atomic E-state index is 0.453. The van der Waals surface area contributed by atoms with Crippen LogP contribution in [0, 0.1) is 0 Å². The van der Waals surface area contributed by atoms with Gasteiger partial charge in [0.15, 0.2) is 0 Å². The van der Waals surface area contributed by atoms with E-state index in [2.05, 4.69) is 10.1 Å². The lowest BCUT2D eigenvalue weighted by atomic mass is 10.2. The third-order valence-electron chi connectivity index (χ3n) is 2.50. The van der Waals surface area contributed by atoms with Crippen molar-refractivity contribution in [1.82, 2.24) is 14.6 Å². The Hall–Kier alpha value is -2.43. The van der Waals surface area contributed by atoms with Crippen molar-refractivity contribution in [2.75, 3.05) is 0 Å². The van der Waals surface area contributed by atoms with Gasteiger partial charge in [-0.1, -0.05) is 0 Å². The molecule has 2 aromatic heterocycles. The van der Waals surface area contributed by atoms with Gasteiger partial charge in [0, 0.05) is 5.56 Å². The van der Waals surface area contributed by atoms with Gasteiger partial charge in [0.05, 0.1) is 28.9 Å². The fourth-order valence-electron chi connectivity index (χ4n) is 1.70. The third kappa shape index (κ3) is 1.15. The van der Waals surface area contributed by atoms with Crippen molar-refractivity contribution >= 4 is 22.5 Å². The highest BCUT2D eigenvalue weighted by atomic mass is 16.1. The second kappa shape index (κ2) is 3.03. The molecule has 0 spiro atoms. The second-order valence-electron chi connectivity index (χ2n) is 3.49. The number of aromatic nitrogens is 3. The number of carbonyl (C=O) groups is 1. The van der Waals surface area contributed by atoms with Crippen LogP contribution in [0.5, 0.6) is 0 Å². The van der Waals surface area contributed by atoms with Crippen molar-refractivity contribution in [2.24, 2.45) is 5.73 Å². The van der Waals surface area contributed by atoms with Crippen molar-refractivity contribution in [3.8, 4) is 0 Å². The van der Waals surface area contributed by atoms with E-state index < -0.39 is 5.91 Å². The van der Waals surface area contributed by atoms with Gasteiger partial charge in [-0.2, -0.15) is 5.10 Å². The van der Waals surface area contributed by atoms with Gasteiger partial charge >= 0.3 is 0 Å². The van der Waals surface area contributed by atoms with Gasteiger partial charge in [-0.15, -0.1) is 0 Å². The number of nitrogens with two attached hydrogens (primary N) is 1. The van der Waals surface area contributed by atoms with E-state index in [0.717, 1.165) is 16.6 Å². The highest BCUT2D eigenvalue weighted by Crippen LogP contribution is 2.15. The zero-order chi connectivity index (χ0) is 11.1. The van der Waals surface area contributed by atoms with Crippen molar-refractivity contribution in [1.29, 1.82) is 0 Å². The van der Waals surface area contributed by atoms with Gasteiger partial charge < -0.3 is 5.73 Å². The summed E-state index contributed by atoms with van der Waals surface area (Å²) in [5.41, 5.74) is 8.13. The summed E-state index contributed by atoms with van der Waals surface area (Å²) in [6.45, 7) is 0. The van der Waals surface area contributed by atoms with Gasteiger partial charge in [-0.05, 0) is 24.3 Å². The van der Waals surface area contributed by atoms with E-state index >= 15 is 0 Å². The lowest BCUT2D eigenvalue weighted by Crippen LogP contribution is -2.11. The molecule has 0 saturated carbocycles. The Morgan fingerprint density at radius 2 is 2.19 bits per heavy atom. The van der Waals surface area contributed by atoms with E-state index in [-0.39, 0.29) is 0 Å². The predicted octanol–water partition coefficient (Wildman–Crippen LogP) is 0.981. The first-order valence-electron chi connectivity index (χ1n) is 4.78. The summed E-state index contributed by atoms with van der Waals surface area (Å²) >= 11 is 0. The van der Waals surface area contributed by atoms with Crippen LogP contribution in [0.1, 0.15) is 10.4 Å². The van der Waals surface area contributed by atoms with E-state index in [1.807, 2.05) is 6.07 Å². The fraction of sp³-hybridized carbons (Fsp3) is 0. The predicted molar refractivity (Wildman–Crippen MR) is 59.0 cm³/mol. The van der Waals surface area contributed by atoms with Gasteiger partial charge in [0.25, 0.3) is 0 Å². The number of amides is 1. The number of primary amides is 1. The van der Waals surface area contributed by atoms with E-state index in [0.29, 0.717) is 5.56 Å². The molecule has 2 N–H and O–H groups in total. The molecule has 78 valence electrons. The van der Waals surface area contributed by atoms with Crippen LogP contribution in [0.25, 0.3) is 16.6 Å². The van der Waals surface area contributed by atoms with Crippen molar-refractivity contribution in [3.63, 3.8) is 0 Å². The first kappa shape index (κ1) is 8.84. The molecule has 0 unspecified atom stereocenters. The van der Waals surface area contributed by atoms with Gasteiger partial charge in [-0.3, -0.25) is 9.78 Å². The van der Waals surface area contributed by atoms with E-state index in [1.54, 1.807) is 35.1 Å². The van der Waals surface area contributed by atoms with Crippen LogP contribution >= 0.6 is 0 Å². The molecule has 0 radical (unpaired) electrons. The first-order valence-corrected chi connectivity index (χ1v) is 4.78. The van der Waals surface area contributed by atoms with Crippen LogP contribution in [-0.2, 0) is 0 Å². The van der Waals surface area contributed by atoms with Crippen LogP contribution in [0.2, 0.25) is 0 Å². The normalized spacial score (nSPS) is 11.0. The van der Waals surface area contributed by atoms with Crippen LogP contribution in [0.3, 0.4) is 0 Å². The Morgan fingerprint density at radius 3 is 3.00 bits per heavy atom. The Morgan fingerprint density at radius 1 is 1.31 bits per heavy atom. The van der Waals surface area contributed by atoms with Crippen LogP contribution < -0.4 is 5.73 Å². The Balaban J connectivity index is 2.46. The Kier molecular flexibility index (Phi) is 1.67. The number of benzene rings is 1. The molecule has 2 heterocycles. The molecule has 3 aromatic rings. The standard InChI is InChI=1S/C11H8N4O/c12-11(16)7-1-2-9-10(5-7)15-8(6-13-9)3-4-14-15/h1-6H,(H2,12,16). The van der Waals surface area contributed by atoms with Gasteiger partial charge in [-0.25, -0.2) is 4.52 Å². The lowest BCUT2D eigenvalue weighted by molar-refractivity contribution is 0.100. The van der Waals surface area contributed by atoms with E-state index in [1.165, 1.54) is 0 Å². The average molecular weight is 212 g/mol. The van der Waals surface area contributed by atoms with E-state index in [4.69, 9.17) is 5.73 Å². The molecular weight excluding hydrogens is 204 g/mol. The maximum atomic E-state index is 11.1. The number of hydrogen-bond acceptors (Lipinski definition) is 3. The summed E-state index contributed by atoms with van der Waals surface area (Å²) < 4.78 is 1.73. The molecular formula is C11H8N4O. The van der Waals surface area contributed by atoms with Gasteiger partial charge in [0.2, 0.25) is 5.91 Å². The fourth-order valence-corrected chi connectivity index (χ4v) is 1.70. The number of carbonyl (C=O) groups excluding carboxylic acids is 1. The topological polar surface area (TPSA) is 73.3 Å². The highest BCUT2D eigenvalue weighted by molar-refractivity contribution is 5.96. The molecule has 0 aliphatic carbocycles. The Bertz CT molecular complexity index is 701. The molecule has 0 aliphatic heterocycles. The third-order valence-corrected chi connectivity index (χ3v) is 2.50. The summed E-state index contributed by atoms with van der Waals surface area (Å²) in [6, 6.07) is 6.97. The van der Waals surface area contributed by atoms with Crippen molar-refractivity contribution < 1.29 is 4.79 Å². The highest BCUT2D eigenvalue weighted by Gasteiger charge is 2.05. The van der Waals surface area contributed by atoms with Gasteiger partial charge in [0.1, 0.15) is 0 Å². The lowest BCUT2D eigenvalue weighted by Gasteiger charge is -2.02. The van der Waals surface area contributed by atoms with Crippen LogP contribution in [0.4, 0.5) is 0 Å². The molecule has 0 bridgehead atoms. The molecule has 1 aromatic carbocycles. The molecule has 0 atom stereocenters. The smallest absolute Gasteiger partial charge is 0.248 e. The molecule has 0 saturated heterocycles. The molecule has 5 nitrogen and oxygen atoms in total. The molecule has 0 aliphatic rings. The number of hydrogen-bond donors (Lipinski definition) is 1. The number of rotatable bonds is 1. The summed E-state index contributed by atoms with van der Waals surface area (Å²) in [5, 5.41) is 4.17. The SMILES string of the molecule is NC(=O)c1ccc2ncc3ccnn3c2c1. The largest absolute Gasteiger partial charge is 0.366 e. The van der Waals surface area contributed by atoms with E-state index in [9.17, 15) is 4.79 Å². The molecule has 5 heteroatoms. The Labute approximate surface area is 90.5 Å². The molecule has 3 rings (SSSR count). The van der Waals surface area contributed by atoms with Crippen molar-refractivity contribution in [3.05, 3.63) is 42.2 Å². The summed E-state index contributed by atoms with van der Waals surface area (Å²) in [4.78, 5) is 15.4. The average Bonchev–Trinajstić information content (AvgIpc) is 2.76.